The molecule has 4 rings (SSSR count). The van der Waals surface area contributed by atoms with Gasteiger partial charge in [0.05, 0.1) is 37.1 Å². The predicted molar refractivity (Wildman–Crippen MR) is 136 cm³/mol. The largest absolute Gasteiger partial charge is 0.456 e. The number of aliphatic hydroxyl groups excluding tert-OH is 2. The van der Waals surface area contributed by atoms with E-state index in [1.54, 1.807) is 12.2 Å². The van der Waals surface area contributed by atoms with Crippen molar-refractivity contribution in [3.63, 3.8) is 0 Å². The lowest BCUT2D eigenvalue weighted by Gasteiger charge is -2.25. The number of hydrogen-bond donors (Lipinski definition) is 2. The van der Waals surface area contributed by atoms with Gasteiger partial charge < -0.3 is 29.2 Å². The summed E-state index contributed by atoms with van der Waals surface area (Å²) in [6, 6.07) is 0. The first-order valence-electron chi connectivity index (χ1n) is 13.2. The van der Waals surface area contributed by atoms with E-state index in [1.165, 1.54) is 11.6 Å². The summed E-state index contributed by atoms with van der Waals surface area (Å²) in [5.41, 5.74) is 2.23. The van der Waals surface area contributed by atoms with Crippen molar-refractivity contribution in [2.75, 3.05) is 6.61 Å². The van der Waals surface area contributed by atoms with Crippen molar-refractivity contribution >= 4 is 5.97 Å². The Morgan fingerprint density at radius 1 is 1.19 bits per heavy atom. The summed E-state index contributed by atoms with van der Waals surface area (Å²) in [4.78, 5) is 12.6. The summed E-state index contributed by atoms with van der Waals surface area (Å²) in [7, 11) is 0. The molecule has 7 heteroatoms. The van der Waals surface area contributed by atoms with Crippen LogP contribution in [0.1, 0.15) is 58.3 Å². The molecule has 36 heavy (non-hydrogen) atoms. The third kappa shape index (κ3) is 8.25. The number of esters is 1. The molecule has 0 aromatic heterocycles. The number of aliphatic hydroxyl groups is 2. The molecule has 1 unspecified atom stereocenters. The van der Waals surface area contributed by atoms with Gasteiger partial charge in [-0.1, -0.05) is 54.2 Å². The summed E-state index contributed by atoms with van der Waals surface area (Å²) in [5, 5.41) is 21.5. The van der Waals surface area contributed by atoms with Crippen LogP contribution in [0.5, 0.6) is 0 Å². The maximum Gasteiger partial charge on any atom is 0.330 e. The summed E-state index contributed by atoms with van der Waals surface area (Å²) in [5.74, 6) is -0.524. The molecule has 2 bridgehead atoms. The highest BCUT2D eigenvalue weighted by Crippen LogP contribution is 2.34. The summed E-state index contributed by atoms with van der Waals surface area (Å²) in [6.07, 6.45) is 15.3. The molecule has 0 saturated carbocycles. The van der Waals surface area contributed by atoms with Crippen molar-refractivity contribution in [1.82, 2.24) is 0 Å². The van der Waals surface area contributed by atoms with E-state index in [-0.39, 0.29) is 30.5 Å². The maximum atomic E-state index is 12.6. The van der Waals surface area contributed by atoms with E-state index in [4.69, 9.17) is 18.9 Å². The Balaban J connectivity index is 1.43. The molecule has 1 saturated heterocycles. The van der Waals surface area contributed by atoms with Crippen LogP contribution in [-0.4, -0.2) is 71.6 Å². The Morgan fingerprint density at radius 2 is 2.06 bits per heavy atom. The fourth-order valence-corrected chi connectivity index (χ4v) is 5.06. The van der Waals surface area contributed by atoms with Gasteiger partial charge in [0.15, 0.2) is 0 Å². The number of rotatable bonds is 3. The number of cyclic esters (lactones) is 1. The van der Waals surface area contributed by atoms with Gasteiger partial charge in [-0.2, -0.15) is 0 Å². The zero-order valence-corrected chi connectivity index (χ0v) is 21.2. The zero-order valence-electron chi connectivity index (χ0n) is 21.2. The van der Waals surface area contributed by atoms with Crippen LogP contribution in [0.2, 0.25) is 0 Å². The lowest BCUT2D eigenvalue weighted by molar-refractivity contribution is -0.148. The van der Waals surface area contributed by atoms with Gasteiger partial charge in [0.2, 0.25) is 0 Å². The Kier molecular flexibility index (Phi) is 9.73. The Labute approximate surface area is 214 Å². The first-order chi connectivity index (χ1) is 17.4. The van der Waals surface area contributed by atoms with E-state index in [1.807, 2.05) is 18.2 Å². The summed E-state index contributed by atoms with van der Waals surface area (Å²) >= 11 is 0. The van der Waals surface area contributed by atoms with Gasteiger partial charge in [0.1, 0.15) is 18.3 Å². The number of carbonyl (C=O) groups excluding carboxylic acids is 1. The van der Waals surface area contributed by atoms with E-state index in [2.05, 4.69) is 19.6 Å². The number of ether oxygens (including phenoxy) is 4. The number of hydrogen-bond acceptors (Lipinski definition) is 7. The first kappa shape index (κ1) is 27.0. The highest BCUT2D eigenvalue weighted by molar-refractivity contribution is 5.82. The molecule has 1 fully saturated rings. The molecule has 4 heterocycles. The average Bonchev–Trinajstić information content (AvgIpc) is 3.61. The van der Waals surface area contributed by atoms with E-state index < -0.39 is 24.3 Å². The van der Waals surface area contributed by atoms with Gasteiger partial charge in [-0.25, -0.2) is 4.79 Å². The smallest absolute Gasteiger partial charge is 0.330 e. The summed E-state index contributed by atoms with van der Waals surface area (Å²) in [6.45, 7) is 6.74. The van der Waals surface area contributed by atoms with Crippen molar-refractivity contribution < 1.29 is 34.0 Å². The number of carbonyl (C=O) groups is 1. The second-order valence-electron chi connectivity index (χ2n) is 10.4. The molecule has 0 aromatic carbocycles. The fraction of sp³-hybridized carbons (Fsp3) is 0.621. The van der Waals surface area contributed by atoms with Crippen molar-refractivity contribution in [3.8, 4) is 0 Å². The van der Waals surface area contributed by atoms with Crippen molar-refractivity contribution in [2.45, 2.75) is 107 Å². The van der Waals surface area contributed by atoms with Crippen LogP contribution >= 0.6 is 0 Å². The van der Waals surface area contributed by atoms with Crippen LogP contribution in [0, 0.1) is 0 Å². The van der Waals surface area contributed by atoms with Gasteiger partial charge in [0.25, 0.3) is 0 Å². The van der Waals surface area contributed by atoms with Crippen LogP contribution in [-0.2, 0) is 23.7 Å². The van der Waals surface area contributed by atoms with Crippen LogP contribution in [0.4, 0.5) is 0 Å². The van der Waals surface area contributed by atoms with Crippen LogP contribution < -0.4 is 0 Å². The van der Waals surface area contributed by atoms with Crippen molar-refractivity contribution in [3.05, 3.63) is 60.3 Å². The fourth-order valence-electron chi connectivity index (χ4n) is 5.06. The maximum absolute atomic E-state index is 12.6. The lowest BCUT2D eigenvalue weighted by Crippen LogP contribution is -2.32. The lowest BCUT2D eigenvalue weighted by atomic mass is 9.97. The number of epoxide rings is 1. The van der Waals surface area contributed by atoms with E-state index >= 15 is 0 Å². The molecule has 0 amide bonds. The monoisotopic (exact) mass is 500 g/mol. The van der Waals surface area contributed by atoms with Gasteiger partial charge in [-0.05, 0) is 51.9 Å². The molecule has 4 aliphatic rings. The molecule has 7 nitrogen and oxygen atoms in total. The first-order valence-corrected chi connectivity index (χ1v) is 13.2. The molecular weight excluding hydrogens is 460 g/mol. The molecule has 2 N–H and O–H groups in total. The highest BCUT2D eigenvalue weighted by atomic mass is 16.6. The van der Waals surface area contributed by atoms with Gasteiger partial charge >= 0.3 is 5.97 Å². The van der Waals surface area contributed by atoms with Gasteiger partial charge in [-0.3, -0.25) is 0 Å². The molecule has 4 aliphatic heterocycles. The van der Waals surface area contributed by atoms with Crippen molar-refractivity contribution in [2.24, 2.45) is 0 Å². The second kappa shape index (κ2) is 13.0. The number of fused-ring (bicyclic) bond motifs is 3. The van der Waals surface area contributed by atoms with E-state index in [0.29, 0.717) is 25.9 Å². The minimum atomic E-state index is -1.02. The average molecular weight is 501 g/mol. The normalized spacial score (nSPS) is 38.3. The molecule has 0 spiro atoms. The standard InChI is InChI=1S/C29H40O7/c1-19-6-3-7-21-8-4-9-22(34-21)10-5-11-28(32)35-26(18-27-29(36-27)25(31)17-19)24(30)13-12-23-16-20(2)14-15-33-23/h4-5,9,11-14,21-27,29-31H,1,3,6-8,10,15-18H2,2H3/b11-5-,13-12+/t21-,22+,23-,24+,25?,26+,27+,29+/m1/s1. The van der Waals surface area contributed by atoms with Crippen LogP contribution in [0.25, 0.3) is 0 Å². The molecule has 198 valence electrons. The molecule has 8 atom stereocenters. The Hall–Kier alpha value is -2.03. The molecule has 0 radical (unpaired) electrons. The van der Waals surface area contributed by atoms with E-state index in [9.17, 15) is 15.0 Å². The van der Waals surface area contributed by atoms with Crippen molar-refractivity contribution in [1.29, 1.82) is 0 Å². The zero-order chi connectivity index (χ0) is 25.5. The third-order valence-corrected chi connectivity index (χ3v) is 7.20. The molecule has 0 aromatic rings. The molecular formula is C29H40O7. The van der Waals surface area contributed by atoms with Crippen LogP contribution in [0.15, 0.2) is 60.3 Å². The highest BCUT2D eigenvalue weighted by Gasteiger charge is 2.46. The molecule has 0 aliphatic carbocycles. The van der Waals surface area contributed by atoms with Gasteiger partial charge in [0, 0.05) is 12.5 Å². The van der Waals surface area contributed by atoms with E-state index in [0.717, 1.165) is 37.7 Å². The third-order valence-electron chi connectivity index (χ3n) is 7.20. The second-order valence-corrected chi connectivity index (χ2v) is 10.4. The minimum Gasteiger partial charge on any atom is -0.456 e. The Morgan fingerprint density at radius 3 is 2.89 bits per heavy atom. The Bertz CT molecular complexity index is 888. The minimum absolute atomic E-state index is 0.0744. The van der Waals surface area contributed by atoms with Gasteiger partial charge in [-0.15, -0.1) is 0 Å². The summed E-state index contributed by atoms with van der Waals surface area (Å²) < 4.78 is 23.2. The predicted octanol–water partition coefficient (Wildman–Crippen LogP) is 3.86. The SMILES string of the molecule is C=C1CCC[C@@H]2CC=C[C@@H](C/C=C\C(=O)O[C@H]([C@@H](O)/C=C/[C@@H]3CC(C)=CCO3)C[C@@H]3O[C@H]3C(O)C1)O2. The van der Waals surface area contributed by atoms with Crippen LogP contribution in [0.3, 0.4) is 0 Å². The topological polar surface area (TPSA) is 97.8 Å². The quantitative estimate of drug-likeness (QED) is 0.345.